The van der Waals surface area contributed by atoms with E-state index in [1.165, 1.54) is 6.33 Å². The Morgan fingerprint density at radius 3 is 2.86 bits per heavy atom. The standard InChI is InChI=1S/C21H20N4O3/c1-2-27-19-7-8-20-16(10-19)9-17(12-28-20)21(26)24-18-5-3-15(4-6-18)11-25-14-22-13-23-25/h3-10,13-14H,2,11-12H2,1H3,(H,24,26). The summed E-state index contributed by atoms with van der Waals surface area (Å²) in [5.41, 5.74) is 3.20. The number of nitrogens with one attached hydrogen (secondary N) is 1. The molecule has 2 aromatic carbocycles. The molecule has 1 N–H and O–H groups in total. The topological polar surface area (TPSA) is 78.3 Å². The van der Waals surface area contributed by atoms with Gasteiger partial charge in [0.2, 0.25) is 0 Å². The van der Waals surface area contributed by atoms with Crippen LogP contribution in [0.4, 0.5) is 5.69 Å². The molecule has 1 amide bonds. The number of fused-ring (bicyclic) bond motifs is 1. The highest BCUT2D eigenvalue weighted by Crippen LogP contribution is 2.30. The third-order valence-electron chi connectivity index (χ3n) is 4.32. The fraction of sp³-hybridized carbons (Fsp3) is 0.190. The van der Waals surface area contributed by atoms with E-state index in [1.807, 2.05) is 55.5 Å². The molecule has 0 bridgehead atoms. The summed E-state index contributed by atoms with van der Waals surface area (Å²) in [7, 11) is 0. The van der Waals surface area contributed by atoms with E-state index >= 15 is 0 Å². The molecular formula is C21H20N4O3. The molecule has 3 aromatic rings. The van der Waals surface area contributed by atoms with Crippen molar-refractivity contribution in [3.63, 3.8) is 0 Å². The van der Waals surface area contributed by atoms with Crippen LogP contribution in [0.3, 0.4) is 0 Å². The molecule has 4 rings (SSSR count). The highest BCUT2D eigenvalue weighted by Gasteiger charge is 2.18. The summed E-state index contributed by atoms with van der Waals surface area (Å²) in [5.74, 6) is 1.32. The molecule has 0 saturated heterocycles. The number of nitrogens with zero attached hydrogens (tertiary/aromatic N) is 3. The van der Waals surface area contributed by atoms with Gasteiger partial charge in [0.05, 0.1) is 18.7 Å². The number of hydrogen-bond donors (Lipinski definition) is 1. The van der Waals surface area contributed by atoms with Crippen LogP contribution in [0.2, 0.25) is 0 Å². The molecule has 28 heavy (non-hydrogen) atoms. The van der Waals surface area contributed by atoms with Crippen LogP contribution < -0.4 is 14.8 Å². The Balaban J connectivity index is 1.44. The molecule has 0 aliphatic carbocycles. The van der Waals surface area contributed by atoms with Crippen molar-refractivity contribution in [1.82, 2.24) is 14.8 Å². The molecule has 0 saturated carbocycles. The second kappa shape index (κ2) is 7.96. The number of rotatable bonds is 6. The Labute approximate surface area is 162 Å². The third-order valence-corrected chi connectivity index (χ3v) is 4.32. The van der Waals surface area contributed by atoms with Crippen LogP contribution in [-0.2, 0) is 11.3 Å². The Kier molecular flexibility index (Phi) is 5.05. The first-order valence-corrected chi connectivity index (χ1v) is 9.04. The minimum Gasteiger partial charge on any atom is -0.494 e. The maximum atomic E-state index is 12.6. The van der Waals surface area contributed by atoms with Gasteiger partial charge in [-0.1, -0.05) is 12.1 Å². The van der Waals surface area contributed by atoms with E-state index in [1.54, 1.807) is 11.0 Å². The van der Waals surface area contributed by atoms with E-state index < -0.39 is 0 Å². The van der Waals surface area contributed by atoms with Gasteiger partial charge in [-0.05, 0) is 48.9 Å². The molecule has 0 spiro atoms. The number of carbonyl (C=O) groups excluding carboxylic acids is 1. The molecule has 7 nitrogen and oxygen atoms in total. The maximum absolute atomic E-state index is 12.6. The minimum atomic E-state index is -0.184. The summed E-state index contributed by atoms with van der Waals surface area (Å²) in [5, 5.41) is 7.00. The van der Waals surface area contributed by atoms with Crippen LogP contribution in [-0.4, -0.2) is 33.9 Å². The Morgan fingerprint density at radius 1 is 1.25 bits per heavy atom. The van der Waals surface area contributed by atoms with Crippen molar-refractivity contribution in [2.24, 2.45) is 0 Å². The normalized spacial score (nSPS) is 12.5. The zero-order valence-electron chi connectivity index (χ0n) is 15.5. The van der Waals surface area contributed by atoms with Gasteiger partial charge in [-0.2, -0.15) is 5.10 Å². The highest BCUT2D eigenvalue weighted by molar-refractivity contribution is 6.07. The minimum absolute atomic E-state index is 0.184. The molecule has 1 aliphatic rings. The van der Waals surface area contributed by atoms with E-state index in [0.29, 0.717) is 18.7 Å². The zero-order chi connectivity index (χ0) is 19.3. The number of anilines is 1. The first kappa shape index (κ1) is 17.8. The van der Waals surface area contributed by atoms with Crippen LogP contribution in [0.1, 0.15) is 18.1 Å². The van der Waals surface area contributed by atoms with Gasteiger partial charge in [0.25, 0.3) is 5.91 Å². The van der Waals surface area contributed by atoms with Crippen LogP contribution in [0.25, 0.3) is 6.08 Å². The van der Waals surface area contributed by atoms with Crippen molar-refractivity contribution < 1.29 is 14.3 Å². The van der Waals surface area contributed by atoms with Gasteiger partial charge < -0.3 is 14.8 Å². The second-order valence-corrected chi connectivity index (χ2v) is 6.34. The lowest BCUT2D eigenvalue weighted by Crippen LogP contribution is -2.21. The van der Waals surface area contributed by atoms with E-state index in [9.17, 15) is 4.79 Å². The lowest BCUT2D eigenvalue weighted by Gasteiger charge is -2.18. The van der Waals surface area contributed by atoms with E-state index in [4.69, 9.17) is 9.47 Å². The van der Waals surface area contributed by atoms with Crippen LogP contribution in [0.5, 0.6) is 11.5 Å². The summed E-state index contributed by atoms with van der Waals surface area (Å²) in [6, 6.07) is 13.2. The fourth-order valence-corrected chi connectivity index (χ4v) is 2.95. The number of hydrogen-bond acceptors (Lipinski definition) is 5. The number of aromatic nitrogens is 3. The average Bonchev–Trinajstić information content (AvgIpc) is 3.22. The lowest BCUT2D eigenvalue weighted by atomic mass is 10.1. The number of ether oxygens (including phenoxy) is 2. The summed E-state index contributed by atoms with van der Waals surface area (Å²) < 4.78 is 13.0. The van der Waals surface area contributed by atoms with E-state index in [0.717, 1.165) is 28.3 Å². The predicted octanol–water partition coefficient (Wildman–Crippen LogP) is 3.14. The summed E-state index contributed by atoms with van der Waals surface area (Å²) in [4.78, 5) is 16.5. The van der Waals surface area contributed by atoms with Crippen LogP contribution >= 0.6 is 0 Å². The summed E-state index contributed by atoms with van der Waals surface area (Å²) in [6.45, 7) is 3.38. The molecule has 2 heterocycles. The molecule has 0 unspecified atom stereocenters. The average molecular weight is 376 g/mol. The summed E-state index contributed by atoms with van der Waals surface area (Å²) in [6.07, 6.45) is 5.01. The molecule has 1 aliphatic heterocycles. The SMILES string of the molecule is CCOc1ccc2c(c1)C=C(C(=O)Nc1ccc(Cn3cncn3)cc1)CO2. The zero-order valence-corrected chi connectivity index (χ0v) is 15.5. The van der Waals surface area contributed by atoms with Gasteiger partial charge in [-0.25, -0.2) is 9.67 Å². The molecule has 7 heteroatoms. The largest absolute Gasteiger partial charge is 0.494 e. The first-order chi connectivity index (χ1) is 13.7. The molecular weight excluding hydrogens is 356 g/mol. The molecule has 0 atom stereocenters. The van der Waals surface area contributed by atoms with Crippen molar-refractivity contribution in [2.45, 2.75) is 13.5 Å². The predicted molar refractivity (Wildman–Crippen MR) is 105 cm³/mol. The van der Waals surface area contributed by atoms with Crippen molar-refractivity contribution in [3.8, 4) is 11.5 Å². The molecule has 142 valence electrons. The van der Waals surface area contributed by atoms with E-state index in [2.05, 4.69) is 15.4 Å². The Hall–Kier alpha value is -3.61. The van der Waals surface area contributed by atoms with Crippen LogP contribution in [0.15, 0.2) is 60.7 Å². The lowest BCUT2D eigenvalue weighted by molar-refractivity contribution is -0.113. The van der Waals surface area contributed by atoms with Gasteiger partial charge in [0, 0.05) is 11.3 Å². The van der Waals surface area contributed by atoms with Crippen LogP contribution in [0, 0.1) is 0 Å². The van der Waals surface area contributed by atoms with Gasteiger partial charge in [0.1, 0.15) is 30.8 Å². The highest BCUT2D eigenvalue weighted by atomic mass is 16.5. The Morgan fingerprint density at radius 2 is 2.11 bits per heavy atom. The maximum Gasteiger partial charge on any atom is 0.255 e. The monoisotopic (exact) mass is 376 g/mol. The van der Waals surface area contributed by atoms with E-state index in [-0.39, 0.29) is 12.5 Å². The second-order valence-electron chi connectivity index (χ2n) is 6.34. The molecule has 0 radical (unpaired) electrons. The number of benzene rings is 2. The van der Waals surface area contributed by atoms with Crippen molar-refractivity contribution >= 4 is 17.7 Å². The molecule has 0 fully saturated rings. The summed E-state index contributed by atoms with van der Waals surface area (Å²) >= 11 is 0. The quantitative estimate of drug-likeness (QED) is 0.715. The van der Waals surface area contributed by atoms with Gasteiger partial charge in [-0.3, -0.25) is 4.79 Å². The fourth-order valence-electron chi connectivity index (χ4n) is 2.95. The smallest absolute Gasteiger partial charge is 0.255 e. The number of amides is 1. The third kappa shape index (κ3) is 4.03. The van der Waals surface area contributed by atoms with Crippen molar-refractivity contribution in [2.75, 3.05) is 18.5 Å². The van der Waals surface area contributed by atoms with Crippen molar-refractivity contribution in [1.29, 1.82) is 0 Å². The number of carbonyl (C=O) groups is 1. The molecule has 1 aromatic heterocycles. The Bertz CT molecular complexity index is 995. The van der Waals surface area contributed by atoms with Gasteiger partial charge >= 0.3 is 0 Å². The van der Waals surface area contributed by atoms with Gasteiger partial charge in [0.15, 0.2) is 0 Å². The van der Waals surface area contributed by atoms with Gasteiger partial charge in [-0.15, -0.1) is 0 Å². The van der Waals surface area contributed by atoms with Crippen molar-refractivity contribution in [3.05, 3.63) is 71.8 Å². The first-order valence-electron chi connectivity index (χ1n) is 9.04.